The summed E-state index contributed by atoms with van der Waals surface area (Å²) < 4.78 is 1.11. The molecule has 0 aliphatic heterocycles. The van der Waals surface area contributed by atoms with Crippen molar-refractivity contribution in [2.24, 2.45) is 0 Å². The average Bonchev–Trinajstić information content (AvgIpc) is 3.06. The van der Waals surface area contributed by atoms with Crippen molar-refractivity contribution in [3.05, 3.63) is 68.0 Å². The van der Waals surface area contributed by atoms with Crippen LogP contribution in [0.25, 0.3) is 5.69 Å². The first kappa shape index (κ1) is 15.7. The van der Waals surface area contributed by atoms with Gasteiger partial charge >= 0.3 is 0 Å². The molecule has 1 N–H and O–H groups in total. The van der Waals surface area contributed by atoms with Crippen LogP contribution < -0.4 is 10.9 Å². The Bertz CT molecular complexity index is 908. The van der Waals surface area contributed by atoms with E-state index in [9.17, 15) is 9.59 Å². The minimum atomic E-state index is -0.529. The van der Waals surface area contributed by atoms with Crippen LogP contribution in [0.5, 0.6) is 0 Å². The van der Waals surface area contributed by atoms with Crippen LogP contribution in [0.2, 0.25) is 10.0 Å². The van der Waals surface area contributed by atoms with Crippen molar-refractivity contribution >= 4 is 45.6 Å². The summed E-state index contributed by atoms with van der Waals surface area (Å²) >= 11 is 12.9. The molecule has 1 amide bonds. The van der Waals surface area contributed by atoms with E-state index in [2.05, 4.69) is 15.4 Å². The van der Waals surface area contributed by atoms with Crippen LogP contribution in [-0.2, 0) is 0 Å². The molecule has 6 nitrogen and oxygen atoms in total. The predicted molar refractivity (Wildman–Crippen MR) is 89.9 cm³/mol. The first-order chi connectivity index (χ1) is 11.1. The third-order valence-electron chi connectivity index (χ3n) is 2.90. The van der Waals surface area contributed by atoms with E-state index in [0.717, 1.165) is 4.68 Å². The number of benzene rings is 1. The normalized spacial score (nSPS) is 10.5. The van der Waals surface area contributed by atoms with Crippen LogP contribution in [0.4, 0.5) is 5.13 Å². The molecule has 9 heteroatoms. The molecule has 0 spiro atoms. The molecule has 2 heterocycles. The summed E-state index contributed by atoms with van der Waals surface area (Å²) in [5.74, 6) is -0.291. The Balaban J connectivity index is 1.86. The third-order valence-corrected chi connectivity index (χ3v) is 4.34. The molecule has 0 aliphatic carbocycles. The summed E-state index contributed by atoms with van der Waals surface area (Å²) in [6, 6.07) is 6.34. The van der Waals surface area contributed by atoms with E-state index >= 15 is 0 Å². The molecular formula is C14H8Cl2N4O2S. The van der Waals surface area contributed by atoms with Crippen molar-refractivity contribution in [1.82, 2.24) is 14.8 Å². The maximum absolute atomic E-state index is 12.1. The molecule has 116 valence electrons. The van der Waals surface area contributed by atoms with Crippen molar-refractivity contribution in [3.63, 3.8) is 0 Å². The van der Waals surface area contributed by atoms with Gasteiger partial charge in [-0.25, -0.2) is 4.98 Å². The lowest BCUT2D eigenvalue weighted by Gasteiger charge is -2.07. The molecule has 0 radical (unpaired) electrons. The van der Waals surface area contributed by atoms with Crippen molar-refractivity contribution in [3.8, 4) is 5.69 Å². The molecule has 1 aromatic carbocycles. The van der Waals surface area contributed by atoms with Gasteiger partial charge in [-0.05, 0) is 24.3 Å². The molecule has 0 bridgehead atoms. The zero-order chi connectivity index (χ0) is 16.4. The lowest BCUT2D eigenvalue weighted by Crippen LogP contribution is -2.21. The molecule has 0 aliphatic rings. The molecule has 3 aromatic rings. The zero-order valence-electron chi connectivity index (χ0n) is 11.4. The minimum absolute atomic E-state index is 0.0902. The van der Waals surface area contributed by atoms with E-state index in [0.29, 0.717) is 16.4 Å². The number of hydrogen-bond acceptors (Lipinski definition) is 5. The maximum Gasteiger partial charge on any atom is 0.291 e. The average molecular weight is 367 g/mol. The summed E-state index contributed by atoms with van der Waals surface area (Å²) in [7, 11) is 0. The van der Waals surface area contributed by atoms with Crippen molar-refractivity contribution in [1.29, 1.82) is 0 Å². The number of anilines is 1. The fourth-order valence-electron chi connectivity index (χ4n) is 1.81. The minimum Gasteiger partial charge on any atom is -0.298 e. The topological polar surface area (TPSA) is 76.9 Å². The number of carbonyl (C=O) groups excluding carboxylic acids is 1. The van der Waals surface area contributed by atoms with Gasteiger partial charge in [0.1, 0.15) is 5.02 Å². The number of hydrogen-bond donors (Lipinski definition) is 1. The second kappa shape index (κ2) is 6.49. The molecule has 3 rings (SSSR count). The second-order valence-electron chi connectivity index (χ2n) is 4.36. The molecule has 0 saturated carbocycles. The first-order valence-corrected chi connectivity index (χ1v) is 7.94. The Hall–Kier alpha value is -2.22. The Morgan fingerprint density at radius 1 is 1.22 bits per heavy atom. The largest absolute Gasteiger partial charge is 0.298 e. The summed E-state index contributed by atoms with van der Waals surface area (Å²) in [6.45, 7) is 0. The highest BCUT2D eigenvalue weighted by Crippen LogP contribution is 2.17. The molecule has 23 heavy (non-hydrogen) atoms. The first-order valence-electron chi connectivity index (χ1n) is 6.31. The molecule has 0 fully saturated rings. The summed E-state index contributed by atoms with van der Waals surface area (Å²) in [4.78, 5) is 28.1. The Kier molecular flexibility index (Phi) is 4.42. The summed E-state index contributed by atoms with van der Waals surface area (Å²) in [5, 5.41) is 8.86. The van der Waals surface area contributed by atoms with Crippen molar-refractivity contribution < 1.29 is 4.79 Å². The van der Waals surface area contributed by atoms with Gasteiger partial charge in [0.2, 0.25) is 0 Å². The van der Waals surface area contributed by atoms with Crippen LogP contribution in [0.3, 0.4) is 0 Å². The number of halogens is 2. The zero-order valence-corrected chi connectivity index (χ0v) is 13.7. The van der Waals surface area contributed by atoms with E-state index in [1.165, 1.54) is 17.5 Å². The maximum atomic E-state index is 12.1. The van der Waals surface area contributed by atoms with E-state index < -0.39 is 5.56 Å². The number of carbonyl (C=O) groups is 1. The fourth-order valence-corrected chi connectivity index (χ4v) is 2.58. The highest BCUT2D eigenvalue weighted by Gasteiger charge is 2.11. The van der Waals surface area contributed by atoms with E-state index in [1.807, 2.05) is 0 Å². The SMILES string of the molecule is O=C(Nc1nccs1)c1ccc(-n2ncc(Cl)c(Cl)c2=O)cc1. The highest BCUT2D eigenvalue weighted by molar-refractivity contribution is 7.13. The van der Waals surface area contributed by atoms with Gasteiger partial charge in [0.15, 0.2) is 5.13 Å². The second-order valence-corrected chi connectivity index (χ2v) is 6.04. The van der Waals surface area contributed by atoms with Crippen LogP contribution in [0, 0.1) is 0 Å². The number of rotatable bonds is 3. The molecule has 0 saturated heterocycles. The molecular weight excluding hydrogens is 359 g/mol. The van der Waals surface area contributed by atoms with E-state index in [1.54, 1.807) is 35.8 Å². The van der Waals surface area contributed by atoms with Crippen LogP contribution in [0.1, 0.15) is 10.4 Å². The lowest BCUT2D eigenvalue weighted by atomic mass is 10.2. The lowest BCUT2D eigenvalue weighted by molar-refractivity contribution is 0.102. The Morgan fingerprint density at radius 2 is 1.96 bits per heavy atom. The van der Waals surface area contributed by atoms with Gasteiger partial charge in [0.25, 0.3) is 11.5 Å². The predicted octanol–water partition coefficient (Wildman–Crippen LogP) is 3.25. The summed E-state index contributed by atoms with van der Waals surface area (Å²) in [6.07, 6.45) is 2.89. The molecule has 0 unspecified atom stereocenters. The number of nitrogens with one attached hydrogen (secondary N) is 1. The van der Waals surface area contributed by atoms with Gasteiger partial charge in [-0.3, -0.25) is 14.9 Å². The van der Waals surface area contributed by atoms with Crippen molar-refractivity contribution in [2.45, 2.75) is 0 Å². The van der Waals surface area contributed by atoms with Crippen molar-refractivity contribution in [2.75, 3.05) is 5.32 Å². The quantitative estimate of drug-likeness (QED) is 0.771. The van der Waals surface area contributed by atoms with Crippen LogP contribution >= 0.6 is 34.5 Å². The smallest absolute Gasteiger partial charge is 0.291 e. The van der Waals surface area contributed by atoms with E-state index in [-0.39, 0.29) is 16.0 Å². The van der Waals surface area contributed by atoms with Crippen LogP contribution in [-0.4, -0.2) is 20.7 Å². The van der Waals surface area contributed by atoms with Gasteiger partial charge in [0, 0.05) is 17.1 Å². The van der Waals surface area contributed by atoms with Gasteiger partial charge in [-0.2, -0.15) is 9.78 Å². The Labute approximate surface area is 144 Å². The van der Waals surface area contributed by atoms with Gasteiger partial charge < -0.3 is 0 Å². The highest BCUT2D eigenvalue weighted by atomic mass is 35.5. The van der Waals surface area contributed by atoms with Gasteiger partial charge in [0.05, 0.1) is 16.9 Å². The monoisotopic (exact) mass is 366 g/mol. The van der Waals surface area contributed by atoms with E-state index in [4.69, 9.17) is 23.2 Å². The van der Waals surface area contributed by atoms with Crippen LogP contribution in [0.15, 0.2) is 46.8 Å². The molecule has 2 aromatic heterocycles. The Morgan fingerprint density at radius 3 is 2.61 bits per heavy atom. The fraction of sp³-hybridized carbons (Fsp3) is 0. The molecule has 0 atom stereocenters. The summed E-state index contributed by atoms with van der Waals surface area (Å²) in [5.41, 5.74) is 0.371. The number of aromatic nitrogens is 3. The van der Waals surface area contributed by atoms with Gasteiger partial charge in [-0.1, -0.05) is 23.2 Å². The number of nitrogens with zero attached hydrogens (tertiary/aromatic N) is 3. The number of thiazole rings is 1. The van der Waals surface area contributed by atoms with Gasteiger partial charge in [-0.15, -0.1) is 11.3 Å². The standard InChI is InChI=1S/C14H8Cl2N4O2S/c15-10-7-18-20(13(22)11(10)16)9-3-1-8(2-4-9)12(21)19-14-17-5-6-23-14/h1-7H,(H,17,19,21). The third kappa shape index (κ3) is 3.26. The number of amides is 1.